The Balaban J connectivity index is 2.14. The van der Waals surface area contributed by atoms with Crippen molar-refractivity contribution in [3.8, 4) is 16.9 Å². The molecule has 7 nitrogen and oxygen atoms in total. The van der Waals surface area contributed by atoms with E-state index in [4.69, 9.17) is 5.11 Å². The molecule has 0 radical (unpaired) electrons. The molecule has 3 rings (SSSR count). The van der Waals surface area contributed by atoms with E-state index in [0.29, 0.717) is 0 Å². The number of nitrogens with one attached hydrogen (secondary N) is 1. The molecule has 0 saturated heterocycles. The molecule has 0 aliphatic carbocycles. The second kappa shape index (κ2) is 8.46. The number of hydrogen-bond donors (Lipinski definition) is 2. The monoisotopic (exact) mass is 418 g/mol. The number of hydrogen-bond acceptors (Lipinski definition) is 5. The fourth-order valence-electron chi connectivity index (χ4n) is 2.63. The SMILES string of the molecule is CC(CO)NC(=O)c1cc(-c2ccc(C(F)(F)F)cc2)nn(-c2cccnc2)c1=O. The third kappa shape index (κ3) is 4.54. The van der Waals surface area contributed by atoms with Gasteiger partial charge in [0.15, 0.2) is 0 Å². The van der Waals surface area contributed by atoms with Crippen LogP contribution in [0, 0.1) is 0 Å². The highest BCUT2D eigenvalue weighted by molar-refractivity contribution is 5.95. The average molecular weight is 418 g/mol. The number of halogens is 3. The molecule has 1 aromatic carbocycles. The zero-order valence-electron chi connectivity index (χ0n) is 15.7. The molecule has 2 N–H and O–H groups in total. The molecule has 0 aliphatic heterocycles. The Bertz CT molecular complexity index is 1100. The van der Waals surface area contributed by atoms with Crippen LogP contribution in [0.4, 0.5) is 13.2 Å². The molecule has 0 fully saturated rings. The highest BCUT2D eigenvalue weighted by atomic mass is 19.4. The van der Waals surface area contributed by atoms with Crippen LogP contribution in [-0.2, 0) is 6.18 Å². The van der Waals surface area contributed by atoms with E-state index in [1.54, 1.807) is 19.1 Å². The number of aromatic nitrogens is 3. The number of nitrogens with zero attached hydrogens (tertiary/aromatic N) is 3. The maximum atomic E-state index is 12.9. The summed E-state index contributed by atoms with van der Waals surface area (Å²) in [4.78, 5) is 29.3. The molecule has 2 aromatic heterocycles. The first-order valence-electron chi connectivity index (χ1n) is 8.85. The number of benzene rings is 1. The largest absolute Gasteiger partial charge is 0.416 e. The van der Waals surface area contributed by atoms with Crippen molar-refractivity contribution in [3.05, 3.63) is 76.3 Å². The molecule has 0 aliphatic rings. The summed E-state index contributed by atoms with van der Waals surface area (Å²) in [6, 6.07) is 7.93. The molecular formula is C20H17F3N4O3. The van der Waals surface area contributed by atoms with Crippen LogP contribution in [0.5, 0.6) is 0 Å². The van der Waals surface area contributed by atoms with Gasteiger partial charge in [-0.1, -0.05) is 12.1 Å². The van der Waals surface area contributed by atoms with Crippen molar-refractivity contribution < 1.29 is 23.1 Å². The number of alkyl halides is 3. The van der Waals surface area contributed by atoms with Gasteiger partial charge in [-0.3, -0.25) is 14.6 Å². The second-order valence-corrected chi connectivity index (χ2v) is 6.50. The third-order valence-electron chi connectivity index (χ3n) is 4.21. The Morgan fingerprint density at radius 3 is 2.50 bits per heavy atom. The van der Waals surface area contributed by atoms with Gasteiger partial charge in [-0.25, -0.2) is 0 Å². The van der Waals surface area contributed by atoms with Gasteiger partial charge in [0.25, 0.3) is 11.5 Å². The summed E-state index contributed by atoms with van der Waals surface area (Å²) in [5.74, 6) is -0.741. The molecular weight excluding hydrogens is 401 g/mol. The van der Waals surface area contributed by atoms with E-state index < -0.39 is 29.2 Å². The van der Waals surface area contributed by atoms with Gasteiger partial charge in [0.2, 0.25) is 0 Å². The number of amides is 1. The summed E-state index contributed by atoms with van der Waals surface area (Å²) in [7, 11) is 0. The number of carbonyl (C=O) groups excluding carboxylic acids is 1. The van der Waals surface area contributed by atoms with Crippen molar-refractivity contribution in [3.63, 3.8) is 0 Å². The molecule has 2 heterocycles. The van der Waals surface area contributed by atoms with E-state index >= 15 is 0 Å². The lowest BCUT2D eigenvalue weighted by Crippen LogP contribution is -2.39. The van der Waals surface area contributed by atoms with Gasteiger partial charge < -0.3 is 10.4 Å². The van der Waals surface area contributed by atoms with Crippen LogP contribution in [0.3, 0.4) is 0 Å². The first-order chi connectivity index (χ1) is 14.2. The van der Waals surface area contributed by atoms with Crippen molar-refractivity contribution >= 4 is 5.91 Å². The van der Waals surface area contributed by atoms with Crippen molar-refractivity contribution in [2.45, 2.75) is 19.1 Å². The Morgan fingerprint density at radius 2 is 1.93 bits per heavy atom. The Labute approximate surface area is 168 Å². The van der Waals surface area contributed by atoms with Crippen molar-refractivity contribution in [1.29, 1.82) is 0 Å². The molecule has 0 saturated carbocycles. The van der Waals surface area contributed by atoms with Gasteiger partial charge in [-0.15, -0.1) is 0 Å². The van der Waals surface area contributed by atoms with Gasteiger partial charge in [0.05, 0.1) is 29.7 Å². The number of aliphatic hydroxyl groups is 1. The van der Waals surface area contributed by atoms with E-state index in [1.165, 1.54) is 30.6 Å². The minimum atomic E-state index is -4.49. The summed E-state index contributed by atoms with van der Waals surface area (Å²) in [5, 5.41) is 15.8. The van der Waals surface area contributed by atoms with Gasteiger partial charge in [0, 0.05) is 17.8 Å². The van der Waals surface area contributed by atoms with E-state index in [0.717, 1.165) is 16.8 Å². The number of pyridine rings is 1. The van der Waals surface area contributed by atoms with Crippen molar-refractivity contribution in [2.24, 2.45) is 0 Å². The molecule has 0 bridgehead atoms. The number of rotatable bonds is 5. The average Bonchev–Trinajstić information content (AvgIpc) is 2.73. The molecule has 30 heavy (non-hydrogen) atoms. The maximum absolute atomic E-state index is 12.9. The molecule has 1 unspecified atom stereocenters. The Kier molecular flexibility index (Phi) is 5.97. The van der Waals surface area contributed by atoms with Gasteiger partial charge in [-0.2, -0.15) is 23.0 Å². The zero-order valence-corrected chi connectivity index (χ0v) is 15.7. The third-order valence-corrected chi connectivity index (χ3v) is 4.21. The van der Waals surface area contributed by atoms with E-state index in [9.17, 15) is 22.8 Å². The molecule has 3 aromatic rings. The van der Waals surface area contributed by atoms with Crippen LogP contribution in [0.25, 0.3) is 16.9 Å². The number of carbonyl (C=O) groups is 1. The first-order valence-corrected chi connectivity index (χ1v) is 8.85. The van der Waals surface area contributed by atoms with E-state index in [1.807, 2.05) is 0 Å². The smallest absolute Gasteiger partial charge is 0.394 e. The summed E-state index contributed by atoms with van der Waals surface area (Å²) in [6.07, 6.45) is -1.64. The topological polar surface area (TPSA) is 97.1 Å². The summed E-state index contributed by atoms with van der Waals surface area (Å²) < 4.78 is 39.5. The molecule has 156 valence electrons. The quantitative estimate of drug-likeness (QED) is 0.663. The van der Waals surface area contributed by atoms with E-state index in [-0.39, 0.29) is 29.1 Å². The highest BCUT2D eigenvalue weighted by Crippen LogP contribution is 2.30. The maximum Gasteiger partial charge on any atom is 0.416 e. The Hall–Kier alpha value is -3.53. The molecule has 10 heteroatoms. The number of aliphatic hydroxyl groups excluding tert-OH is 1. The summed E-state index contributed by atoms with van der Waals surface area (Å²) >= 11 is 0. The second-order valence-electron chi connectivity index (χ2n) is 6.50. The molecule has 1 atom stereocenters. The normalized spacial score (nSPS) is 12.4. The van der Waals surface area contributed by atoms with Crippen LogP contribution in [0.15, 0.2) is 59.7 Å². The Morgan fingerprint density at radius 1 is 1.23 bits per heavy atom. The standard InChI is InChI=1S/C20H17F3N4O3/c1-12(11-28)25-18(29)16-9-17(13-4-6-14(7-5-13)20(21,22)23)26-27(19(16)30)15-3-2-8-24-10-15/h2-10,12,28H,11H2,1H3,(H,25,29). The molecule has 1 amide bonds. The minimum absolute atomic E-state index is 0.119. The van der Waals surface area contributed by atoms with Crippen LogP contribution >= 0.6 is 0 Å². The predicted molar refractivity (Wildman–Crippen MR) is 102 cm³/mol. The lowest BCUT2D eigenvalue weighted by Gasteiger charge is -2.14. The van der Waals surface area contributed by atoms with Crippen LogP contribution in [0.2, 0.25) is 0 Å². The fourth-order valence-corrected chi connectivity index (χ4v) is 2.63. The van der Waals surface area contributed by atoms with Crippen LogP contribution < -0.4 is 10.9 Å². The molecule has 0 spiro atoms. The summed E-state index contributed by atoms with van der Waals surface area (Å²) in [5.41, 5.74) is -1.16. The summed E-state index contributed by atoms with van der Waals surface area (Å²) in [6.45, 7) is 1.22. The fraction of sp³-hybridized carbons (Fsp3) is 0.200. The predicted octanol–water partition coefficient (Wildman–Crippen LogP) is 2.42. The lowest BCUT2D eigenvalue weighted by atomic mass is 10.1. The van der Waals surface area contributed by atoms with Crippen LogP contribution in [0.1, 0.15) is 22.8 Å². The van der Waals surface area contributed by atoms with Crippen molar-refractivity contribution in [2.75, 3.05) is 6.61 Å². The van der Waals surface area contributed by atoms with E-state index in [2.05, 4.69) is 15.4 Å². The lowest BCUT2D eigenvalue weighted by molar-refractivity contribution is -0.137. The highest BCUT2D eigenvalue weighted by Gasteiger charge is 2.30. The minimum Gasteiger partial charge on any atom is -0.394 e. The van der Waals surface area contributed by atoms with Crippen molar-refractivity contribution in [1.82, 2.24) is 20.1 Å². The van der Waals surface area contributed by atoms with Gasteiger partial charge in [0.1, 0.15) is 5.56 Å². The van der Waals surface area contributed by atoms with Crippen LogP contribution in [-0.4, -0.2) is 38.4 Å². The van der Waals surface area contributed by atoms with Gasteiger partial charge >= 0.3 is 6.18 Å². The van der Waals surface area contributed by atoms with Gasteiger partial charge in [-0.05, 0) is 37.3 Å². The first kappa shape index (κ1) is 21.2. The zero-order chi connectivity index (χ0) is 21.9.